The van der Waals surface area contributed by atoms with Crippen LogP contribution in [0.15, 0.2) is 22.8 Å². The number of aryl methyl sites for hydroxylation is 1. The van der Waals surface area contributed by atoms with E-state index in [9.17, 15) is 4.79 Å². The van der Waals surface area contributed by atoms with Gasteiger partial charge < -0.3 is 20.0 Å². The highest BCUT2D eigenvalue weighted by Gasteiger charge is 2.19. The lowest BCUT2D eigenvalue weighted by molar-refractivity contribution is -0.131. The summed E-state index contributed by atoms with van der Waals surface area (Å²) in [6.07, 6.45) is 3.93. The zero-order valence-corrected chi connectivity index (χ0v) is 13.0. The van der Waals surface area contributed by atoms with Gasteiger partial charge in [0.1, 0.15) is 5.76 Å². The Morgan fingerprint density at radius 1 is 1.38 bits per heavy atom. The number of nitrogens with zero attached hydrogens (tertiary/aromatic N) is 2. The van der Waals surface area contributed by atoms with Gasteiger partial charge in [-0.15, -0.1) is 0 Å². The molecule has 1 amide bonds. The van der Waals surface area contributed by atoms with Crippen LogP contribution in [0.25, 0.3) is 0 Å². The van der Waals surface area contributed by atoms with E-state index in [0.29, 0.717) is 18.8 Å². The van der Waals surface area contributed by atoms with Gasteiger partial charge in [-0.05, 0) is 37.6 Å². The molecule has 21 heavy (non-hydrogen) atoms. The highest BCUT2D eigenvalue weighted by molar-refractivity contribution is 5.76. The lowest BCUT2D eigenvalue weighted by Crippen LogP contribution is -2.37. The minimum absolute atomic E-state index is 0.236. The third-order valence-electron chi connectivity index (χ3n) is 4.08. The van der Waals surface area contributed by atoms with E-state index >= 15 is 0 Å². The molecule has 2 rings (SSSR count). The van der Waals surface area contributed by atoms with Crippen molar-refractivity contribution >= 4 is 5.91 Å². The molecule has 0 saturated carbocycles. The van der Waals surface area contributed by atoms with Crippen LogP contribution >= 0.6 is 0 Å². The van der Waals surface area contributed by atoms with Crippen LogP contribution in [-0.2, 0) is 11.2 Å². The summed E-state index contributed by atoms with van der Waals surface area (Å²) in [5, 5.41) is 0. The van der Waals surface area contributed by atoms with Gasteiger partial charge in [0.15, 0.2) is 0 Å². The smallest absolute Gasteiger partial charge is 0.223 e. The van der Waals surface area contributed by atoms with Crippen molar-refractivity contribution in [1.82, 2.24) is 9.80 Å². The third-order valence-corrected chi connectivity index (χ3v) is 4.08. The van der Waals surface area contributed by atoms with Gasteiger partial charge in [0, 0.05) is 39.0 Å². The van der Waals surface area contributed by atoms with Crippen LogP contribution in [0, 0.1) is 5.92 Å². The van der Waals surface area contributed by atoms with Gasteiger partial charge in [0.2, 0.25) is 5.91 Å². The molecule has 0 bridgehead atoms. The van der Waals surface area contributed by atoms with Gasteiger partial charge >= 0.3 is 0 Å². The van der Waals surface area contributed by atoms with Crippen molar-refractivity contribution < 1.29 is 9.21 Å². The fraction of sp³-hybridized carbons (Fsp3) is 0.688. The molecule has 0 aliphatic carbocycles. The number of furan rings is 1. The van der Waals surface area contributed by atoms with Crippen molar-refractivity contribution in [3.63, 3.8) is 0 Å². The van der Waals surface area contributed by atoms with Crippen LogP contribution in [0.4, 0.5) is 0 Å². The first-order valence-electron chi connectivity index (χ1n) is 7.91. The standard InChI is InChI=1S/C16H27N3O2/c1-14(12-17)13-18-7-3-8-19(10-9-18)16(20)6-5-15-4-2-11-21-15/h2,4,11,14H,3,5-10,12-13,17H2,1H3. The third kappa shape index (κ3) is 5.17. The van der Waals surface area contributed by atoms with Crippen LogP contribution in [-0.4, -0.2) is 55.0 Å². The van der Waals surface area contributed by atoms with Gasteiger partial charge in [0.05, 0.1) is 6.26 Å². The molecule has 2 N–H and O–H groups in total. The average molecular weight is 293 g/mol. The lowest BCUT2D eigenvalue weighted by Gasteiger charge is -2.24. The van der Waals surface area contributed by atoms with E-state index in [1.54, 1.807) is 6.26 Å². The number of amides is 1. The van der Waals surface area contributed by atoms with Crippen molar-refractivity contribution in [2.24, 2.45) is 11.7 Å². The zero-order chi connectivity index (χ0) is 15.1. The van der Waals surface area contributed by atoms with Crippen LogP contribution in [0.1, 0.15) is 25.5 Å². The summed E-state index contributed by atoms with van der Waals surface area (Å²) in [6.45, 7) is 7.65. The van der Waals surface area contributed by atoms with Crippen molar-refractivity contribution in [3.8, 4) is 0 Å². The number of hydrogen-bond acceptors (Lipinski definition) is 4. The van der Waals surface area contributed by atoms with Gasteiger partial charge in [-0.3, -0.25) is 4.79 Å². The SMILES string of the molecule is CC(CN)CN1CCCN(C(=O)CCc2ccco2)CC1. The second kappa shape index (κ2) is 8.20. The Balaban J connectivity index is 1.75. The van der Waals surface area contributed by atoms with Crippen LogP contribution in [0.5, 0.6) is 0 Å². The maximum absolute atomic E-state index is 12.3. The molecule has 0 radical (unpaired) electrons. The number of carbonyl (C=O) groups excluding carboxylic acids is 1. The summed E-state index contributed by atoms with van der Waals surface area (Å²) < 4.78 is 5.28. The first-order chi connectivity index (χ1) is 10.2. The Morgan fingerprint density at radius 2 is 2.24 bits per heavy atom. The van der Waals surface area contributed by atoms with E-state index in [4.69, 9.17) is 10.2 Å². The zero-order valence-electron chi connectivity index (χ0n) is 13.0. The Bertz CT molecular complexity index is 419. The van der Waals surface area contributed by atoms with Crippen molar-refractivity contribution in [1.29, 1.82) is 0 Å². The number of hydrogen-bond donors (Lipinski definition) is 1. The summed E-state index contributed by atoms with van der Waals surface area (Å²) in [6, 6.07) is 3.79. The highest BCUT2D eigenvalue weighted by atomic mass is 16.3. The van der Waals surface area contributed by atoms with Gasteiger partial charge in [-0.25, -0.2) is 0 Å². The van der Waals surface area contributed by atoms with E-state index in [-0.39, 0.29) is 5.91 Å². The fourth-order valence-electron chi connectivity index (χ4n) is 2.76. The normalized spacial score (nSPS) is 18.5. The second-order valence-electron chi connectivity index (χ2n) is 5.96. The van der Waals surface area contributed by atoms with Crippen LogP contribution in [0.2, 0.25) is 0 Å². The van der Waals surface area contributed by atoms with Crippen molar-refractivity contribution in [2.75, 3.05) is 39.3 Å². The van der Waals surface area contributed by atoms with E-state index in [0.717, 1.165) is 51.4 Å². The molecule has 1 aliphatic rings. The van der Waals surface area contributed by atoms with Crippen molar-refractivity contribution in [2.45, 2.75) is 26.2 Å². The number of carbonyl (C=O) groups is 1. The molecule has 1 unspecified atom stereocenters. The molecule has 0 spiro atoms. The van der Waals surface area contributed by atoms with E-state index in [1.165, 1.54) is 0 Å². The van der Waals surface area contributed by atoms with Gasteiger partial charge in [-0.2, -0.15) is 0 Å². The Hall–Kier alpha value is -1.33. The van der Waals surface area contributed by atoms with Gasteiger partial charge in [0.25, 0.3) is 0 Å². The first-order valence-corrected chi connectivity index (χ1v) is 7.91. The number of rotatable bonds is 6. The predicted molar refractivity (Wildman–Crippen MR) is 82.9 cm³/mol. The monoisotopic (exact) mass is 293 g/mol. The maximum atomic E-state index is 12.3. The van der Waals surface area contributed by atoms with E-state index in [2.05, 4.69) is 11.8 Å². The minimum Gasteiger partial charge on any atom is -0.469 e. The Labute approximate surface area is 127 Å². The molecule has 5 nitrogen and oxygen atoms in total. The molecular formula is C16H27N3O2. The molecule has 1 saturated heterocycles. The summed E-state index contributed by atoms with van der Waals surface area (Å²) in [5.41, 5.74) is 5.69. The Kier molecular flexibility index (Phi) is 6.26. The molecule has 1 aliphatic heterocycles. The Morgan fingerprint density at radius 3 is 2.95 bits per heavy atom. The maximum Gasteiger partial charge on any atom is 0.223 e. The molecule has 0 aromatic carbocycles. The summed E-state index contributed by atoms with van der Waals surface area (Å²) in [4.78, 5) is 16.7. The van der Waals surface area contributed by atoms with E-state index in [1.807, 2.05) is 17.0 Å². The molecule has 1 aromatic rings. The molecule has 1 aromatic heterocycles. The largest absolute Gasteiger partial charge is 0.469 e. The fourth-order valence-corrected chi connectivity index (χ4v) is 2.76. The van der Waals surface area contributed by atoms with Gasteiger partial charge in [-0.1, -0.05) is 6.92 Å². The number of nitrogens with two attached hydrogens (primary N) is 1. The van der Waals surface area contributed by atoms with Crippen LogP contribution < -0.4 is 5.73 Å². The second-order valence-corrected chi connectivity index (χ2v) is 5.96. The quantitative estimate of drug-likeness (QED) is 0.860. The van der Waals surface area contributed by atoms with Crippen molar-refractivity contribution in [3.05, 3.63) is 24.2 Å². The average Bonchev–Trinajstić information content (AvgIpc) is 2.90. The molecule has 2 heterocycles. The van der Waals surface area contributed by atoms with Crippen LogP contribution in [0.3, 0.4) is 0 Å². The topological polar surface area (TPSA) is 62.7 Å². The minimum atomic E-state index is 0.236. The predicted octanol–water partition coefficient (Wildman–Crippen LogP) is 1.34. The lowest BCUT2D eigenvalue weighted by atomic mass is 10.1. The molecule has 1 atom stereocenters. The molecule has 1 fully saturated rings. The molecular weight excluding hydrogens is 266 g/mol. The summed E-state index contributed by atoms with van der Waals surface area (Å²) in [7, 11) is 0. The molecule has 5 heteroatoms. The highest BCUT2D eigenvalue weighted by Crippen LogP contribution is 2.10. The molecule has 118 valence electrons. The summed E-state index contributed by atoms with van der Waals surface area (Å²) in [5.74, 6) is 1.64. The first kappa shape index (κ1) is 16.0. The van der Waals surface area contributed by atoms with E-state index < -0.39 is 0 Å². The summed E-state index contributed by atoms with van der Waals surface area (Å²) >= 11 is 0.